The lowest BCUT2D eigenvalue weighted by atomic mass is 10.1. The first kappa shape index (κ1) is 10.4. The van der Waals surface area contributed by atoms with Crippen molar-refractivity contribution < 1.29 is 9.53 Å². The third-order valence-electron chi connectivity index (χ3n) is 2.44. The number of hydrogen-bond donors (Lipinski definition) is 0. The number of carbonyl (C=O) groups is 1. The molecule has 1 aromatic heterocycles. The zero-order valence-corrected chi connectivity index (χ0v) is 9.18. The summed E-state index contributed by atoms with van der Waals surface area (Å²) in [6.45, 7) is 1.90. The van der Waals surface area contributed by atoms with Crippen molar-refractivity contribution in [3.63, 3.8) is 0 Å². The molecular formula is C12H12N2O2. The first-order valence-corrected chi connectivity index (χ1v) is 4.89. The summed E-state index contributed by atoms with van der Waals surface area (Å²) in [4.78, 5) is 10.7. The number of benzene rings is 1. The minimum atomic E-state index is 0.697. The average molecular weight is 216 g/mol. The Kier molecular flexibility index (Phi) is 2.72. The molecule has 0 amide bonds. The number of hydrogen-bond acceptors (Lipinski definition) is 3. The van der Waals surface area contributed by atoms with Gasteiger partial charge in [0.25, 0.3) is 0 Å². The lowest BCUT2D eigenvalue weighted by Gasteiger charge is -2.04. The smallest absolute Gasteiger partial charge is 0.157 e. The van der Waals surface area contributed by atoms with Crippen LogP contribution in [0.4, 0.5) is 0 Å². The molecule has 2 aromatic rings. The van der Waals surface area contributed by atoms with Gasteiger partial charge >= 0.3 is 0 Å². The molecule has 1 aromatic carbocycles. The monoisotopic (exact) mass is 216 g/mol. The van der Waals surface area contributed by atoms with Gasteiger partial charge in [-0.2, -0.15) is 5.10 Å². The lowest BCUT2D eigenvalue weighted by molar-refractivity contribution is 0.112. The topological polar surface area (TPSA) is 44.1 Å². The van der Waals surface area contributed by atoms with E-state index in [9.17, 15) is 4.79 Å². The quantitative estimate of drug-likeness (QED) is 0.737. The molecule has 2 rings (SSSR count). The molecule has 4 heteroatoms. The second-order valence-corrected chi connectivity index (χ2v) is 3.48. The van der Waals surface area contributed by atoms with E-state index in [2.05, 4.69) is 5.10 Å². The zero-order valence-electron chi connectivity index (χ0n) is 9.18. The van der Waals surface area contributed by atoms with E-state index in [1.807, 2.05) is 19.1 Å². The number of ether oxygens (including phenoxy) is 1. The molecule has 16 heavy (non-hydrogen) atoms. The zero-order chi connectivity index (χ0) is 11.5. The molecule has 0 saturated carbocycles. The van der Waals surface area contributed by atoms with E-state index in [0.29, 0.717) is 11.3 Å². The van der Waals surface area contributed by atoms with Crippen LogP contribution in [0.15, 0.2) is 30.6 Å². The fourth-order valence-corrected chi connectivity index (χ4v) is 1.49. The van der Waals surface area contributed by atoms with Gasteiger partial charge in [0, 0.05) is 5.56 Å². The van der Waals surface area contributed by atoms with Gasteiger partial charge in [-0.15, -0.1) is 0 Å². The minimum absolute atomic E-state index is 0.697. The molecule has 82 valence electrons. The van der Waals surface area contributed by atoms with E-state index < -0.39 is 0 Å². The number of aromatic nitrogens is 2. The fourth-order valence-electron chi connectivity index (χ4n) is 1.49. The van der Waals surface area contributed by atoms with E-state index in [-0.39, 0.29) is 0 Å². The Morgan fingerprint density at radius 3 is 2.81 bits per heavy atom. The maximum atomic E-state index is 10.7. The standard InChI is InChI=1S/C12H12N2O2/c1-9-5-11(4-3-10(9)8-15)14-7-12(16-2)6-13-14/h3-8H,1-2H3. The highest BCUT2D eigenvalue weighted by Gasteiger charge is 2.03. The predicted octanol–water partition coefficient (Wildman–Crippen LogP) is 2.00. The maximum Gasteiger partial charge on any atom is 0.157 e. The van der Waals surface area contributed by atoms with Gasteiger partial charge in [-0.05, 0) is 30.7 Å². The van der Waals surface area contributed by atoms with Crippen molar-refractivity contribution in [2.45, 2.75) is 6.92 Å². The Morgan fingerprint density at radius 1 is 1.44 bits per heavy atom. The third kappa shape index (κ3) is 1.82. The second kappa shape index (κ2) is 4.18. The Bertz CT molecular complexity index is 517. The highest BCUT2D eigenvalue weighted by molar-refractivity contribution is 5.77. The van der Waals surface area contributed by atoms with Crippen LogP contribution in [0.3, 0.4) is 0 Å². The summed E-state index contributed by atoms with van der Waals surface area (Å²) in [5, 5.41) is 4.16. The SMILES string of the molecule is COc1cnn(-c2ccc(C=O)c(C)c2)c1. The number of nitrogens with zero attached hydrogens (tertiary/aromatic N) is 2. The molecular weight excluding hydrogens is 204 g/mol. The van der Waals surface area contributed by atoms with Gasteiger partial charge in [-0.25, -0.2) is 4.68 Å². The van der Waals surface area contributed by atoms with Crippen LogP contribution in [-0.2, 0) is 0 Å². The van der Waals surface area contributed by atoms with Gasteiger partial charge in [0.05, 0.1) is 25.2 Å². The molecule has 0 unspecified atom stereocenters. The fraction of sp³-hybridized carbons (Fsp3) is 0.167. The van der Waals surface area contributed by atoms with Gasteiger partial charge < -0.3 is 4.74 Å². The van der Waals surface area contributed by atoms with E-state index in [4.69, 9.17) is 4.74 Å². The summed E-state index contributed by atoms with van der Waals surface area (Å²) in [5.41, 5.74) is 2.54. The highest BCUT2D eigenvalue weighted by Crippen LogP contribution is 2.16. The Morgan fingerprint density at radius 2 is 2.25 bits per heavy atom. The predicted molar refractivity (Wildman–Crippen MR) is 60.2 cm³/mol. The number of rotatable bonds is 3. The lowest BCUT2D eigenvalue weighted by Crippen LogP contribution is -1.96. The van der Waals surface area contributed by atoms with Crippen LogP contribution in [0.1, 0.15) is 15.9 Å². The minimum Gasteiger partial charge on any atom is -0.493 e. The summed E-state index contributed by atoms with van der Waals surface area (Å²) >= 11 is 0. The van der Waals surface area contributed by atoms with Gasteiger partial charge in [-0.1, -0.05) is 0 Å². The second-order valence-electron chi connectivity index (χ2n) is 3.48. The van der Waals surface area contributed by atoms with Crippen LogP contribution < -0.4 is 4.74 Å². The number of aldehydes is 1. The van der Waals surface area contributed by atoms with Crippen molar-refractivity contribution >= 4 is 6.29 Å². The molecule has 0 aliphatic heterocycles. The van der Waals surface area contributed by atoms with E-state index in [1.165, 1.54) is 0 Å². The van der Waals surface area contributed by atoms with Crippen LogP contribution >= 0.6 is 0 Å². The number of carbonyl (C=O) groups excluding carboxylic acids is 1. The number of aryl methyl sites for hydroxylation is 1. The van der Waals surface area contributed by atoms with E-state index >= 15 is 0 Å². The molecule has 0 atom stereocenters. The van der Waals surface area contributed by atoms with Gasteiger partial charge in [0.1, 0.15) is 6.29 Å². The molecule has 0 aliphatic rings. The third-order valence-corrected chi connectivity index (χ3v) is 2.44. The molecule has 0 N–H and O–H groups in total. The molecule has 0 spiro atoms. The summed E-state index contributed by atoms with van der Waals surface area (Å²) < 4.78 is 6.76. The molecule has 0 radical (unpaired) electrons. The van der Waals surface area contributed by atoms with Crippen molar-refractivity contribution in [3.05, 3.63) is 41.7 Å². The number of methoxy groups -OCH3 is 1. The van der Waals surface area contributed by atoms with Gasteiger partial charge in [0.2, 0.25) is 0 Å². The highest BCUT2D eigenvalue weighted by atomic mass is 16.5. The van der Waals surface area contributed by atoms with Crippen LogP contribution in [0.25, 0.3) is 5.69 Å². The van der Waals surface area contributed by atoms with Crippen molar-refractivity contribution in [1.82, 2.24) is 9.78 Å². The molecule has 4 nitrogen and oxygen atoms in total. The molecule has 0 fully saturated rings. The van der Waals surface area contributed by atoms with Crippen molar-refractivity contribution in [2.75, 3.05) is 7.11 Å². The summed E-state index contributed by atoms with van der Waals surface area (Å²) in [6.07, 6.45) is 4.28. The van der Waals surface area contributed by atoms with Crippen molar-refractivity contribution in [2.24, 2.45) is 0 Å². The average Bonchev–Trinajstić information content (AvgIpc) is 2.77. The van der Waals surface area contributed by atoms with Crippen LogP contribution in [0, 0.1) is 6.92 Å². The first-order chi connectivity index (χ1) is 7.74. The van der Waals surface area contributed by atoms with E-state index in [1.54, 1.807) is 30.3 Å². The Balaban J connectivity index is 2.40. The summed E-state index contributed by atoms with van der Waals surface area (Å²) in [6, 6.07) is 5.55. The van der Waals surface area contributed by atoms with Crippen molar-refractivity contribution in [3.8, 4) is 11.4 Å². The molecule has 0 bridgehead atoms. The molecule has 1 heterocycles. The summed E-state index contributed by atoms with van der Waals surface area (Å²) in [7, 11) is 1.60. The van der Waals surface area contributed by atoms with Crippen LogP contribution in [-0.4, -0.2) is 23.2 Å². The van der Waals surface area contributed by atoms with Crippen molar-refractivity contribution in [1.29, 1.82) is 0 Å². The normalized spacial score (nSPS) is 10.1. The largest absolute Gasteiger partial charge is 0.493 e. The molecule has 0 saturated heterocycles. The van der Waals surface area contributed by atoms with Crippen LogP contribution in [0.5, 0.6) is 5.75 Å². The molecule has 0 aliphatic carbocycles. The van der Waals surface area contributed by atoms with Gasteiger partial charge in [-0.3, -0.25) is 4.79 Å². The summed E-state index contributed by atoms with van der Waals surface area (Å²) in [5.74, 6) is 0.706. The van der Waals surface area contributed by atoms with E-state index in [0.717, 1.165) is 17.5 Å². The van der Waals surface area contributed by atoms with Gasteiger partial charge in [0.15, 0.2) is 5.75 Å². The first-order valence-electron chi connectivity index (χ1n) is 4.89. The Labute approximate surface area is 93.5 Å². The Hall–Kier alpha value is -2.10. The van der Waals surface area contributed by atoms with Crippen LogP contribution in [0.2, 0.25) is 0 Å². The maximum absolute atomic E-state index is 10.7.